The van der Waals surface area contributed by atoms with Crippen molar-refractivity contribution in [3.63, 3.8) is 0 Å². The molecule has 10 heteroatoms. The van der Waals surface area contributed by atoms with Crippen molar-refractivity contribution >= 4 is 33.2 Å². The molecule has 156 valence electrons. The first-order valence-corrected chi connectivity index (χ1v) is 11.5. The third-order valence-electron chi connectivity index (χ3n) is 4.50. The second-order valence-electron chi connectivity index (χ2n) is 6.56. The highest BCUT2D eigenvalue weighted by atomic mass is 32.2. The summed E-state index contributed by atoms with van der Waals surface area (Å²) in [5.41, 5.74) is 1.23. The van der Waals surface area contributed by atoms with E-state index in [1.165, 1.54) is 11.6 Å². The van der Waals surface area contributed by atoms with E-state index in [-0.39, 0.29) is 10.1 Å². The van der Waals surface area contributed by atoms with Gasteiger partial charge in [0.1, 0.15) is 10.8 Å². The quantitative estimate of drug-likeness (QED) is 0.617. The van der Waals surface area contributed by atoms with Gasteiger partial charge in [0.2, 0.25) is 0 Å². The molecule has 8 nitrogen and oxygen atoms in total. The minimum absolute atomic E-state index is 0.120. The first-order chi connectivity index (χ1) is 13.9. The fourth-order valence-corrected chi connectivity index (χ4v) is 4.93. The molecule has 3 rings (SSSR count). The van der Waals surface area contributed by atoms with Gasteiger partial charge in [0.15, 0.2) is 6.61 Å². The molecule has 29 heavy (non-hydrogen) atoms. The van der Waals surface area contributed by atoms with E-state index in [1.54, 1.807) is 16.3 Å². The number of hydrogen-bond acceptors (Lipinski definition) is 7. The van der Waals surface area contributed by atoms with Crippen molar-refractivity contribution in [2.24, 2.45) is 0 Å². The van der Waals surface area contributed by atoms with Gasteiger partial charge in [-0.25, -0.2) is 8.42 Å². The zero-order valence-corrected chi connectivity index (χ0v) is 17.5. The molecule has 1 aliphatic rings. The molecule has 2 aromatic rings. The predicted octanol–water partition coefficient (Wildman–Crippen LogP) is 0.914. The predicted molar refractivity (Wildman–Crippen MR) is 109 cm³/mol. The lowest BCUT2D eigenvalue weighted by Crippen LogP contribution is -2.49. The van der Waals surface area contributed by atoms with Gasteiger partial charge in [-0.15, -0.1) is 11.3 Å². The Morgan fingerprint density at radius 3 is 2.41 bits per heavy atom. The van der Waals surface area contributed by atoms with E-state index in [0.29, 0.717) is 13.1 Å². The molecular formula is C19H23N3O5S2. The first-order valence-electron chi connectivity index (χ1n) is 9.17. The molecule has 0 atom stereocenters. The molecule has 1 saturated heterocycles. The van der Waals surface area contributed by atoms with Crippen molar-refractivity contribution in [2.75, 3.05) is 39.3 Å². The highest BCUT2D eigenvalue weighted by molar-refractivity contribution is 7.91. The molecule has 0 saturated carbocycles. The number of carbonyl (C=O) groups is 2. The van der Waals surface area contributed by atoms with Crippen molar-refractivity contribution in [1.82, 2.24) is 14.5 Å². The fraction of sp³-hybridized carbons (Fsp3) is 0.368. The average molecular weight is 438 g/mol. The van der Waals surface area contributed by atoms with Gasteiger partial charge in [-0.2, -0.15) is 4.72 Å². The van der Waals surface area contributed by atoms with Crippen LogP contribution >= 0.6 is 11.3 Å². The van der Waals surface area contributed by atoms with Crippen molar-refractivity contribution in [1.29, 1.82) is 0 Å². The number of esters is 1. The third-order valence-corrected chi connectivity index (χ3v) is 7.30. The number of benzene rings is 1. The van der Waals surface area contributed by atoms with Crippen LogP contribution in [0.5, 0.6) is 0 Å². The van der Waals surface area contributed by atoms with Crippen LogP contribution in [0.1, 0.15) is 5.56 Å². The Balaban J connectivity index is 1.36. The molecule has 2 heterocycles. The summed E-state index contributed by atoms with van der Waals surface area (Å²) in [6.45, 7) is 2.55. The summed E-state index contributed by atoms with van der Waals surface area (Å²) in [6.07, 6.45) is 0. The maximum absolute atomic E-state index is 12.2. The van der Waals surface area contributed by atoms with Crippen LogP contribution in [0.25, 0.3) is 0 Å². The second kappa shape index (κ2) is 9.97. The van der Waals surface area contributed by atoms with E-state index in [9.17, 15) is 18.0 Å². The molecule has 1 aliphatic heterocycles. The normalized spacial score (nSPS) is 15.2. The molecule has 1 aromatic heterocycles. The van der Waals surface area contributed by atoms with Gasteiger partial charge < -0.3 is 9.64 Å². The molecule has 0 aliphatic carbocycles. The van der Waals surface area contributed by atoms with Crippen LogP contribution in [-0.2, 0) is 30.9 Å². The van der Waals surface area contributed by atoms with Gasteiger partial charge in [-0.1, -0.05) is 36.4 Å². The van der Waals surface area contributed by atoms with Crippen LogP contribution in [0.2, 0.25) is 0 Å². The zero-order valence-electron chi connectivity index (χ0n) is 15.8. The Labute approximate surface area is 174 Å². The minimum atomic E-state index is -3.74. The maximum atomic E-state index is 12.2. The number of hydrogen-bond donors (Lipinski definition) is 1. The fourth-order valence-electron chi connectivity index (χ4n) is 2.92. The van der Waals surface area contributed by atoms with E-state index in [2.05, 4.69) is 21.8 Å². The molecule has 1 amide bonds. The van der Waals surface area contributed by atoms with Crippen LogP contribution in [0.15, 0.2) is 52.1 Å². The number of rotatable bonds is 8. The van der Waals surface area contributed by atoms with E-state index < -0.39 is 29.1 Å². The Morgan fingerprint density at radius 2 is 1.76 bits per heavy atom. The average Bonchev–Trinajstić information content (AvgIpc) is 3.28. The standard InChI is InChI=1S/C19H23N3O5S2/c23-17(15-27-18(24)13-20-29(25,26)19-7-4-12-28-19)22-10-8-21(9-11-22)14-16-5-2-1-3-6-16/h1-7,12,20H,8-11,13-15H2. The Hall–Kier alpha value is -2.27. The zero-order chi connectivity index (χ0) is 20.7. The molecule has 0 bridgehead atoms. The van der Waals surface area contributed by atoms with Crippen LogP contribution < -0.4 is 4.72 Å². The summed E-state index contributed by atoms with van der Waals surface area (Å²) in [5.74, 6) is -1.07. The second-order valence-corrected chi connectivity index (χ2v) is 9.50. The summed E-state index contributed by atoms with van der Waals surface area (Å²) in [4.78, 5) is 28.0. The van der Waals surface area contributed by atoms with Gasteiger partial charge in [0.05, 0.1) is 0 Å². The molecule has 0 radical (unpaired) electrons. The molecule has 1 aromatic carbocycles. The van der Waals surface area contributed by atoms with Gasteiger partial charge in [0, 0.05) is 32.7 Å². The van der Waals surface area contributed by atoms with Crippen LogP contribution in [0, 0.1) is 0 Å². The number of sulfonamides is 1. The number of amides is 1. The van der Waals surface area contributed by atoms with E-state index in [1.807, 2.05) is 18.2 Å². The maximum Gasteiger partial charge on any atom is 0.321 e. The number of carbonyl (C=O) groups excluding carboxylic acids is 2. The smallest absolute Gasteiger partial charge is 0.321 e. The minimum Gasteiger partial charge on any atom is -0.455 e. The van der Waals surface area contributed by atoms with Crippen LogP contribution in [0.4, 0.5) is 0 Å². The molecule has 0 spiro atoms. The first kappa shape index (κ1) is 21.4. The van der Waals surface area contributed by atoms with Gasteiger partial charge in [-0.3, -0.25) is 14.5 Å². The molecular weight excluding hydrogens is 414 g/mol. The number of nitrogens with zero attached hydrogens (tertiary/aromatic N) is 2. The van der Waals surface area contributed by atoms with Crippen LogP contribution in [0.3, 0.4) is 0 Å². The Morgan fingerprint density at radius 1 is 1.03 bits per heavy atom. The van der Waals surface area contributed by atoms with E-state index in [0.717, 1.165) is 31.0 Å². The van der Waals surface area contributed by atoms with Crippen molar-refractivity contribution in [3.05, 3.63) is 53.4 Å². The highest BCUT2D eigenvalue weighted by Crippen LogP contribution is 2.15. The summed E-state index contributed by atoms with van der Waals surface area (Å²) in [6, 6.07) is 13.2. The SMILES string of the molecule is O=C(CNS(=O)(=O)c1cccs1)OCC(=O)N1CCN(Cc2ccccc2)CC1. The Kier molecular flexibility index (Phi) is 7.37. The number of nitrogens with one attached hydrogen (secondary N) is 1. The van der Waals surface area contributed by atoms with Crippen molar-refractivity contribution in [2.45, 2.75) is 10.8 Å². The Bertz CT molecular complexity index is 909. The number of ether oxygens (including phenoxy) is 1. The lowest BCUT2D eigenvalue weighted by molar-refractivity contribution is -0.151. The topological polar surface area (TPSA) is 96.0 Å². The third kappa shape index (κ3) is 6.36. The molecule has 1 fully saturated rings. The highest BCUT2D eigenvalue weighted by Gasteiger charge is 2.22. The molecule has 1 N–H and O–H groups in total. The number of thiophene rings is 1. The molecule has 0 unspecified atom stereocenters. The van der Waals surface area contributed by atoms with Crippen molar-refractivity contribution in [3.8, 4) is 0 Å². The summed E-state index contributed by atoms with van der Waals surface area (Å²) >= 11 is 1.05. The largest absolute Gasteiger partial charge is 0.455 e. The lowest BCUT2D eigenvalue weighted by atomic mass is 10.2. The van der Waals surface area contributed by atoms with Crippen molar-refractivity contribution < 1.29 is 22.7 Å². The van der Waals surface area contributed by atoms with Crippen LogP contribution in [-0.4, -0.2) is 69.4 Å². The number of piperazine rings is 1. The lowest BCUT2D eigenvalue weighted by Gasteiger charge is -2.34. The van der Waals surface area contributed by atoms with E-state index in [4.69, 9.17) is 4.74 Å². The van der Waals surface area contributed by atoms with E-state index >= 15 is 0 Å². The summed E-state index contributed by atoms with van der Waals surface area (Å²) in [5, 5.41) is 1.63. The van der Waals surface area contributed by atoms with Gasteiger partial charge in [0.25, 0.3) is 15.9 Å². The summed E-state index contributed by atoms with van der Waals surface area (Å²) < 4.78 is 31.1. The summed E-state index contributed by atoms with van der Waals surface area (Å²) in [7, 11) is -3.74. The van der Waals surface area contributed by atoms with Gasteiger partial charge in [-0.05, 0) is 17.0 Å². The monoisotopic (exact) mass is 437 g/mol. The van der Waals surface area contributed by atoms with Gasteiger partial charge >= 0.3 is 5.97 Å².